The second kappa shape index (κ2) is 6.92. The second-order valence-electron chi connectivity index (χ2n) is 4.13. The molecule has 0 fully saturated rings. The van der Waals surface area contributed by atoms with Gasteiger partial charge in [0.1, 0.15) is 6.10 Å². The minimum absolute atomic E-state index is 0.138. The van der Waals surface area contributed by atoms with Gasteiger partial charge in [0.15, 0.2) is 6.10 Å². The van der Waals surface area contributed by atoms with E-state index in [9.17, 15) is 28.3 Å². The standard InChI is InChI=1S/C11H11ClF2N2O6/c12-2-1-5-3-16(10(22)15-8(5)20)9(21)11(13,14)7(19)6(18)4-17/h1-3,6-7,17-19H,4H2,(H,15,20,22)/b2-1+/t6-,7-/m1/s1. The van der Waals surface area contributed by atoms with E-state index in [1.165, 1.54) is 0 Å². The van der Waals surface area contributed by atoms with Gasteiger partial charge in [0, 0.05) is 11.7 Å². The van der Waals surface area contributed by atoms with Crippen LogP contribution in [0.25, 0.3) is 6.08 Å². The van der Waals surface area contributed by atoms with Gasteiger partial charge >= 0.3 is 17.5 Å². The van der Waals surface area contributed by atoms with Crippen molar-refractivity contribution in [2.45, 2.75) is 18.1 Å². The number of aliphatic hydroxyl groups excluding tert-OH is 3. The van der Waals surface area contributed by atoms with Gasteiger partial charge in [-0.3, -0.25) is 14.6 Å². The SMILES string of the molecule is O=C(n1cc(/C=C/Cl)c(=O)[nH]c1=O)C(F)(F)[C@H](O)[C@H](O)CO. The minimum Gasteiger partial charge on any atom is -0.394 e. The zero-order valence-corrected chi connectivity index (χ0v) is 11.5. The number of halogens is 3. The second-order valence-corrected chi connectivity index (χ2v) is 4.38. The Hall–Kier alpha value is -1.88. The van der Waals surface area contributed by atoms with Crippen LogP contribution in [-0.2, 0) is 0 Å². The molecule has 0 aromatic carbocycles. The molecule has 0 saturated heterocycles. The number of aliphatic hydroxyl groups is 3. The summed E-state index contributed by atoms with van der Waals surface area (Å²) in [5.41, 5.74) is -1.94. The first-order valence-corrected chi connectivity index (χ1v) is 6.12. The maximum absolute atomic E-state index is 13.8. The van der Waals surface area contributed by atoms with Gasteiger partial charge in [0.2, 0.25) is 0 Å². The molecule has 0 amide bonds. The van der Waals surface area contributed by atoms with Crippen LogP contribution in [0.4, 0.5) is 8.78 Å². The molecule has 22 heavy (non-hydrogen) atoms. The van der Waals surface area contributed by atoms with Gasteiger partial charge in [0.05, 0.1) is 12.2 Å². The number of aromatic nitrogens is 2. The Morgan fingerprint density at radius 3 is 2.55 bits per heavy atom. The molecule has 1 rings (SSSR count). The smallest absolute Gasteiger partial charge is 0.353 e. The lowest BCUT2D eigenvalue weighted by Gasteiger charge is -2.24. The van der Waals surface area contributed by atoms with Crippen molar-refractivity contribution in [3.05, 3.63) is 38.1 Å². The van der Waals surface area contributed by atoms with Gasteiger partial charge in [-0.2, -0.15) is 8.78 Å². The van der Waals surface area contributed by atoms with E-state index in [2.05, 4.69) is 0 Å². The van der Waals surface area contributed by atoms with Crippen LogP contribution in [0.15, 0.2) is 21.3 Å². The number of rotatable bonds is 5. The summed E-state index contributed by atoms with van der Waals surface area (Å²) in [4.78, 5) is 36.1. The van der Waals surface area contributed by atoms with Crippen molar-refractivity contribution >= 4 is 23.6 Å². The van der Waals surface area contributed by atoms with Crippen LogP contribution in [0.3, 0.4) is 0 Å². The maximum atomic E-state index is 13.8. The third kappa shape index (κ3) is 3.47. The summed E-state index contributed by atoms with van der Waals surface area (Å²) in [5, 5.41) is 26.7. The van der Waals surface area contributed by atoms with E-state index < -0.39 is 41.9 Å². The van der Waals surface area contributed by atoms with Crippen LogP contribution in [-0.4, -0.2) is 55.5 Å². The van der Waals surface area contributed by atoms with Crippen LogP contribution < -0.4 is 11.2 Å². The number of aromatic amines is 1. The number of hydrogen-bond acceptors (Lipinski definition) is 6. The summed E-state index contributed by atoms with van der Waals surface area (Å²) in [7, 11) is 0. The molecule has 0 saturated carbocycles. The zero-order chi connectivity index (χ0) is 17.1. The van der Waals surface area contributed by atoms with E-state index in [-0.39, 0.29) is 10.1 Å². The van der Waals surface area contributed by atoms with Crippen LogP contribution in [0.5, 0.6) is 0 Å². The molecule has 2 atom stereocenters. The van der Waals surface area contributed by atoms with Crippen molar-refractivity contribution in [1.82, 2.24) is 9.55 Å². The quantitative estimate of drug-likeness (QED) is 0.528. The largest absolute Gasteiger partial charge is 0.394 e. The normalized spacial score (nSPS) is 15.0. The van der Waals surface area contributed by atoms with E-state index in [4.69, 9.17) is 21.8 Å². The third-order valence-corrected chi connectivity index (χ3v) is 2.77. The van der Waals surface area contributed by atoms with Crippen molar-refractivity contribution in [1.29, 1.82) is 0 Å². The highest BCUT2D eigenvalue weighted by Gasteiger charge is 2.50. The highest BCUT2D eigenvalue weighted by molar-refractivity contribution is 6.27. The van der Waals surface area contributed by atoms with E-state index in [0.29, 0.717) is 6.20 Å². The molecule has 0 aliphatic rings. The Morgan fingerprint density at radius 2 is 2.05 bits per heavy atom. The van der Waals surface area contributed by atoms with Crippen molar-refractivity contribution in [2.75, 3.05) is 6.61 Å². The fourth-order valence-electron chi connectivity index (χ4n) is 1.45. The average Bonchev–Trinajstić information content (AvgIpc) is 2.47. The van der Waals surface area contributed by atoms with Crippen molar-refractivity contribution in [2.24, 2.45) is 0 Å². The molecule has 11 heteroatoms. The van der Waals surface area contributed by atoms with Gasteiger partial charge in [0.25, 0.3) is 5.56 Å². The minimum atomic E-state index is -4.59. The van der Waals surface area contributed by atoms with Crippen LogP contribution in [0, 0.1) is 0 Å². The number of carbonyl (C=O) groups excluding carboxylic acids is 1. The first-order valence-electron chi connectivity index (χ1n) is 5.69. The first-order chi connectivity index (χ1) is 10.2. The molecule has 1 heterocycles. The first kappa shape index (κ1) is 18.2. The lowest BCUT2D eigenvalue weighted by Crippen LogP contribution is -2.53. The predicted molar refractivity (Wildman–Crippen MR) is 70.9 cm³/mol. The average molecular weight is 341 g/mol. The lowest BCUT2D eigenvalue weighted by atomic mass is 10.1. The van der Waals surface area contributed by atoms with Crippen LogP contribution in [0.1, 0.15) is 10.4 Å². The zero-order valence-electron chi connectivity index (χ0n) is 10.7. The van der Waals surface area contributed by atoms with Crippen molar-refractivity contribution in [3.63, 3.8) is 0 Å². The lowest BCUT2D eigenvalue weighted by molar-refractivity contribution is -0.136. The molecule has 122 valence electrons. The Kier molecular flexibility index (Phi) is 5.72. The Morgan fingerprint density at radius 1 is 1.45 bits per heavy atom. The van der Waals surface area contributed by atoms with Gasteiger partial charge in [-0.1, -0.05) is 11.6 Å². The molecule has 0 aliphatic carbocycles. The number of carbonyl (C=O) groups is 1. The molecule has 0 bridgehead atoms. The summed E-state index contributed by atoms with van der Waals surface area (Å²) < 4.78 is 27.4. The van der Waals surface area contributed by atoms with Gasteiger partial charge in [-0.15, -0.1) is 0 Å². The number of H-pyrrole nitrogens is 1. The Bertz CT molecular complexity index is 699. The summed E-state index contributed by atoms with van der Waals surface area (Å²) in [6.45, 7) is -1.23. The highest BCUT2D eigenvalue weighted by Crippen LogP contribution is 2.23. The third-order valence-electron chi connectivity index (χ3n) is 2.64. The molecule has 0 spiro atoms. The highest BCUT2D eigenvalue weighted by atomic mass is 35.5. The molecule has 0 radical (unpaired) electrons. The maximum Gasteiger partial charge on any atom is 0.353 e. The molecular weight excluding hydrogens is 330 g/mol. The van der Waals surface area contributed by atoms with Gasteiger partial charge < -0.3 is 15.3 Å². The summed E-state index contributed by atoms with van der Waals surface area (Å²) in [6.07, 6.45) is -3.80. The van der Waals surface area contributed by atoms with E-state index in [0.717, 1.165) is 11.6 Å². The summed E-state index contributed by atoms with van der Waals surface area (Å²) >= 11 is 5.23. The molecule has 0 unspecified atom stereocenters. The fraction of sp³-hybridized carbons (Fsp3) is 0.364. The monoisotopic (exact) mass is 340 g/mol. The number of nitrogens with zero attached hydrogens (tertiary/aromatic N) is 1. The van der Waals surface area contributed by atoms with Crippen molar-refractivity contribution in [3.8, 4) is 0 Å². The summed E-state index contributed by atoms with van der Waals surface area (Å²) in [6, 6.07) is 0. The summed E-state index contributed by atoms with van der Waals surface area (Å²) in [5.74, 6) is -6.79. The molecule has 0 aliphatic heterocycles. The molecule has 8 nitrogen and oxygen atoms in total. The topological polar surface area (TPSA) is 133 Å². The Labute approximate surface area is 125 Å². The fourth-order valence-corrected chi connectivity index (χ4v) is 1.59. The Balaban J connectivity index is 3.36. The number of alkyl halides is 2. The van der Waals surface area contributed by atoms with Crippen molar-refractivity contribution < 1.29 is 28.9 Å². The van der Waals surface area contributed by atoms with Crippen LogP contribution >= 0.6 is 11.6 Å². The van der Waals surface area contributed by atoms with E-state index >= 15 is 0 Å². The van der Waals surface area contributed by atoms with Crippen LogP contribution in [0.2, 0.25) is 0 Å². The molecular formula is C11H11ClF2N2O6. The number of nitrogens with one attached hydrogen (secondary N) is 1. The van der Waals surface area contributed by atoms with Gasteiger partial charge in [-0.05, 0) is 6.08 Å². The molecule has 1 aromatic rings. The van der Waals surface area contributed by atoms with E-state index in [1.54, 1.807) is 4.98 Å². The molecule has 1 aromatic heterocycles. The van der Waals surface area contributed by atoms with Gasteiger partial charge in [-0.25, -0.2) is 9.36 Å². The van der Waals surface area contributed by atoms with E-state index in [1.807, 2.05) is 0 Å². The molecule has 4 N–H and O–H groups in total. The number of hydrogen-bond donors (Lipinski definition) is 4. The predicted octanol–water partition coefficient (Wildman–Crippen LogP) is -1.26.